The van der Waals surface area contributed by atoms with E-state index in [1.165, 1.54) is 5.01 Å². The fraction of sp³-hybridized carbons (Fsp3) is 0.667. The Morgan fingerprint density at radius 2 is 2.45 bits per heavy atom. The highest BCUT2D eigenvalue weighted by atomic mass is 16.4. The normalized spacial score (nSPS) is 30.4. The fourth-order valence-corrected chi connectivity index (χ4v) is 1.10. The third-order valence-electron chi connectivity index (χ3n) is 1.79. The number of likely N-dealkylation sites (N-methyl/N-ethyl adjacent to an activating group) is 1. The summed E-state index contributed by atoms with van der Waals surface area (Å²) in [5.74, 6) is -1.04. The van der Waals surface area contributed by atoms with Crippen LogP contribution in [0.5, 0.6) is 0 Å². The standard InChI is InChI=1S/C6H9BN2O2/c1-4-3-6(7,5(10)11)9(2)8-4/h3H2,1-2H3,(H,10,11). The second-order valence-electron chi connectivity index (χ2n) is 2.77. The van der Waals surface area contributed by atoms with Crippen molar-refractivity contribution in [2.45, 2.75) is 18.8 Å². The van der Waals surface area contributed by atoms with Crippen LogP contribution in [0.25, 0.3) is 0 Å². The van der Waals surface area contributed by atoms with Gasteiger partial charge in [-0.3, -0.25) is 9.80 Å². The molecule has 1 N–H and O–H groups in total. The Balaban J connectivity index is 2.86. The average Bonchev–Trinajstić information content (AvgIpc) is 2.08. The minimum atomic E-state index is -1.33. The van der Waals surface area contributed by atoms with Crippen LogP contribution in [0.15, 0.2) is 5.10 Å². The second-order valence-corrected chi connectivity index (χ2v) is 2.77. The summed E-state index contributed by atoms with van der Waals surface area (Å²) in [5.41, 5.74) is -0.582. The fourth-order valence-electron chi connectivity index (χ4n) is 1.10. The van der Waals surface area contributed by atoms with Gasteiger partial charge in [0.05, 0.1) is 0 Å². The number of hydrazone groups is 1. The molecule has 4 nitrogen and oxygen atoms in total. The molecule has 5 heteroatoms. The molecule has 1 atom stereocenters. The summed E-state index contributed by atoms with van der Waals surface area (Å²) in [4.78, 5) is 10.6. The smallest absolute Gasteiger partial charge is 0.321 e. The third-order valence-corrected chi connectivity index (χ3v) is 1.79. The molecule has 1 unspecified atom stereocenters. The van der Waals surface area contributed by atoms with Crippen LogP contribution in [0.3, 0.4) is 0 Å². The molecule has 0 fully saturated rings. The highest BCUT2D eigenvalue weighted by Crippen LogP contribution is 2.22. The summed E-state index contributed by atoms with van der Waals surface area (Å²) in [7, 11) is 7.11. The number of rotatable bonds is 1. The van der Waals surface area contributed by atoms with Crippen molar-refractivity contribution in [1.29, 1.82) is 0 Å². The van der Waals surface area contributed by atoms with Gasteiger partial charge in [0.2, 0.25) is 0 Å². The summed E-state index contributed by atoms with van der Waals surface area (Å²) >= 11 is 0. The van der Waals surface area contributed by atoms with Crippen LogP contribution in [0.2, 0.25) is 0 Å². The lowest BCUT2D eigenvalue weighted by Crippen LogP contribution is -2.48. The minimum absolute atomic E-state index is 0.291. The van der Waals surface area contributed by atoms with Crippen LogP contribution in [0.4, 0.5) is 0 Å². The van der Waals surface area contributed by atoms with Gasteiger partial charge in [0.15, 0.2) is 0 Å². The van der Waals surface area contributed by atoms with Gasteiger partial charge in [-0.05, 0) is 6.92 Å². The lowest BCUT2D eigenvalue weighted by molar-refractivity contribution is -0.144. The predicted octanol–water partition coefficient (Wildman–Crippen LogP) is -0.353. The maximum Gasteiger partial charge on any atom is 0.321 e. The van der Waals surface area contributed by atoms with E-state index in [1.807, 2.05) is 0 Å². The van der Waals surface area contributed by atoms with Crippen LogP contribution in [0, 0.1) is 0 Å². The van der Waals surface area contributed by atoms with Crippen molar-refractivity contribution in [3.05, 3.63) is 0 Å². The van der Waals surface area contributed by atoms with Gasteiger partial charge in [-0.1, -0.05) is 0 Å². The van der Waals surface area contributed by atoms with Crippen molar-refractivity contribution in [2.24, 2.45) is 5.10 Å². The third kappa shape index (κ3) is 1.10. The van der Waals surface area contributed by atoms with E-state index in [0.29, 0.717) is 6.42 Å². The SMILES string of the molecule is [B]C1(C(=O)O)CC(C)=NN1C. The largest absolute Gasteiger partial charge is 0.480 e. The molecule has 58 valence electrons. The number of carboxylic acid groups (broad SMARTS) is 1. The number of nitrogens with zero attached hydrogens (tertiary/aromatic N) is 2. The molecule has 0 aromatic carbocycles. The molecule has 1 aliphatic heterocycles. The molecule has 11 heavy (non-hydrogen) atoms. The number of hydrogen-bond acceptors (Lipinski definition) is 3. The first-order valence-electron chi connectivity index (χ1n) is 3.27. The number of carbonyl (C=O) groups is 1. The van der Waals surface area contributed by atoms with Gasteiger partial charge in [-0.15, -0.1) is 0 Å². The van der Waals surface area contributed by atoms with Gasteiger partial charge in [0.25, 0.3) is 0 Å². The zero-order valence-electron chi connectivity index (χ0n) is 6.53. The van der Waals surface area contributed by atoms with Gasteiger partial charge < -0.3 is 5.11 Å². The van der Waals surface area contributed by atoms with Crippen LogP contribution in [0.1, 0.15) is 13.3 Å². The molecule has 1 aliphatic rings. The van der Waals surface area contributed by atoms with E-state index in [9.17, 15) is 4.79 Å². The molecular formula is C6H9BN2O2. The number of carboxylic acids is 1. The van der Waals surface area contributed by atoms with E-state index >= 15 is 0 Å². The van der Waals surface area contributed by atoms with E-state index < -0.39 is 11.4 Å². The molecule has 1 heterocycles. The van der Waals surface area contributed by atoms with Crippen LogP contribution >= 0.6 is 0 Å². The summed E-state index contributed by atoms with van der Waals surface area (Å²) in [5, 5.41) is 13.9. The van der Waals surface area contributed by atoms with Crippen molar-refractivity contribution in [3.63, 3.8) is 0 Å². The van der Waals surface area contributed by atoms with E-state index in [4.69, 9.17) is 13.0 Å². The molecule has 0 spiro atoms. The highest BCUT2D eigenvalue weighted by molar-refractivity contribution is 6.29. The molecule has 0 aromatic rings. The first-order valence-corrected chi connectivity index (χ1v) is 3.27. The monoisotopic (exact) mass is 152 g/mol. The Morgan fingerprint density at radius 1 is 1.91 bits per heavy atom. The predicted molar refractivity (Wildman–Crippen MR) is 41.6 cm³/mol. The Kier molecular flexibility index (Phi) is 1.66. The van der Waals surface area contributed by atoms with Gasteiger partial charge in [-0.25, -0.2) is 0 Å². The summed E-state index contributed by atoms with van der Waals surface area (Å²) in [6.07, 6.45) is 0.291. The van der Waals surface area contributed by atoms with Gasteiger partial charge in [0.1, 0.15) is 13.3 Å². The zero-order valence-corrected chi connectivity index (χ0v) is 6.53. The molecule has 2 radical (unpaired) electrons. The van der Waals surface area contributed by atoms with Crippen LogP contribution in [-0.4, -0.2) is 42.1 Å². The summed E-state index contributed by atoms with van der Waals surface area (Å²) in [6, 6.07) is 0. The van der Waals surface area contributed by atoms with E-state index in [1.54, 1.807) is 14.0 Å². The topological polar surface area (TPSA) is 52.9 Å². The Morgan fingerprint density at radius 3 is 2.64 bits per heavy atom. The summed E-state index contributed by atoms with van der Waals surface area (Å²) < 4.78 is 0. The lowest BCUT2D eigenvalue weighted by atomic mass is 9.74. The van der Waals surface area contributed by atoms with Crippen molar-refractivity contribution in [1.82, 2.24) is 5.01 Å². The Hall–Kier alpha value is -0.995. The van der Waals surface area contributed by atoms with Crippen LogP contribution in [-0.2, 0) is 4.79 Å². The van der Waals surface area contributed by atoms with E-state index in [-0.39, 0.29) is 0 Å². The van der Waals surface area contributed by atoms with Crippen molar-refractivity contribution in [3.8, 4) is 0 Å². The van der Waals surface area contributed by atoms with Gasteiger partial charge in [0, 0.05) is 19.2 Å². The first kappa shape index (κ1) is 8.10. The number of aliphatic carboxylic acids is 1. The summed E-state index contributed by atoms with van der Waals surface area (Å²) in [6.45, 7) is 1.76. The Labute approximate surface area is 66.3 Å². The highest BCUT2D eigenvalue weighted by Gasteiger charge is 2.40. The van der Waals surface area contributed by atoms with E-state index in [0.717, 1.165) is 5.71 Å². The molecule has 0 saturated carbocycles. The van der Waals surface area contributed by atoms with Gasteiger partial charge >= 0.3 is 5.97 Å². The molecule has 0 aliphatic carbocycles. The molecule has 0 aromatic heterocycles. The van der Waals surface area contributed by atoms with Crippen molar-refractivity contribution in [2.75, 3.05) is 7.05 Å². The maximum atomic E-state index is 10.6. The van der Waals surface area contributed by atoms with E-state index in [2.05, 4.69) is 5.10 Å². The van der Waals surface area contributed by atoms with Crippen molar-refractivity contribution < 1.29 is 9.90 Å². The average molecular weight is 152 g/mol. The lowest BCUT2D eigenvalue weighted by Gasteiger charge is -2.26. The Bertz CT molecular complexity index is 229. The molecule has 1 rings (SSSR count). The van der Waals surface area contributed by atoms with Crippen molar-refractivity contribution >= 4 is 19.5 Å². The van der Waals surface area contributed by atoms with Gasteiger partial charge in [-0.2, -0.15) is 5.10 Å². The molecular weight excluding hydrogens is 143 g/mol. The maximum absolute atomic E-state index is 10.6. The molecule has 0 saturated heterocycles. The number of hydrogen-bond donors (Lipinski definition) is 1. The first-order chi connectivity index (χ1) is 4.97. The zero-order chi connectivity index (χ0) is 8.65. The molecule has 0 amide bonds. The minimum Gasteiger partial charge on any atom is -0.480 e. The quantitative estimate of drug-likeness (QED) is 0.522. The second kappa shape index (κ2) is 2.25. The molecule has 0 bridgehead atoms. The van der Waals surface area contributed by atoms with Crippen LogP contribution < -0.4 is 0 Å².